The number of hydrogen-bond donors (Lipinski definition) is 2. The molecule has 5 rings (SSSR count). The van der Waals surface area contributed by atoms with Crippen LogP contribution in [-0.4, -0.2) is 24.9 Å². The van der Waals surface area contributed by atoms with Crippen molar-refractivity contribution in [3.63, 3.8) is 0 Å². The van der Waals surface area contributed by atoms with Gasteiger partial charge in [0.05, 0.1) is 0 Å². The Morgan fingerprint density at radius 3 is 2.07 bits per heavy atom. The molecule has 0 aromatic heterocycles. The fraction of sp³-hybridized carbons (Fsp3) is 0.278. The number of carbonyl (C=O) groups is 2. The first-order valence-corrected chi connectivity index (χ1v) is 14.5. The summed E-state index contributed by atoms with van der Waals surface area (Å²) in [5.74, 6) is 0.0471. The van der Waals surface area contributed by atoms with Gasteiger partial charge in [0, 0.05) is 42.5 Å². The van der Waals surface area contributed by atoms with Crippen molar-refractivity contribution in [2.45, 2.75) is 45.6 Å². The van der Waals surface area contributed by atoms with Crippen LogP contribution in [0.5, 0.6) is 0 Å². The van der Waals surface area contributed by atoms with Gasteiger partial charge in [0.2, 0.25) is 5.91 Å². The molecular formula is C36H39N3O2. The number of rotatable bonds is 7. The fourth-order valence-corrected chi connectivity index (χ4v) is 5.37. The molecule has 2 N–H and O–H groups in total. The van der Waals surface area contributed by atoms with Crippen molar-refractivity contribution in [2.75, 3.05) is 23.3 Å². The van der Waals surface area contributed by atoms with Crippen molar-refractivity contribution in [1.82, 2.24) is 5.32 Å². The predicted octanol–water partition coefficient (Wildman–Crippen LogP) is 7.44. The molecule has 210 valence electrons. The lowest BCUT2D eigenvalue weighted by Crippen LogP contribution is -2.40. The number of hydrogen-bond acceptors (Lipinski definition) is 3. The van der Waals surface area contributed by atoms with Crippen molar-refractivity contribution in [2.24, 2.45) is 5.92 Å². The Bertz CT molecular complexity index is 1460. The van der Waals surface area contributed by atoms with E-state index in [1.165, 1.54) is 5.56 Å². The number of amides is 2. The number of carbonyl (C=O) groups excluding carboxylic acids is 2. The van der Waals surface area contributed by atoms with Crippen molar-refractivity contribution in [3.8, 4) is 11.1 Å². The molecule has 0 radical (unpaired) electrons. The van der Waals surface area contributed by atoms with E-state index in [0.29, 0.717) is 12.1 Å². The standard InChI is InChI=1S/C36H39N3O2/c1-36(2,3)29-15-13-27(14-16-29)32-11-7-8-12-33(32)35(41)38-30-17-19-31(20-18-30)39-23-21-28(22-24-39)34(40)37-25-26-9-5-4-6-10-26/h4-20,28H,21-25H2,1-3H3,(H,37,40)(H,38,41). The van der Waals surface area contributed by atoms with E-state index in [1.54, 1.807) is 0 Å². The van der Waals surface area contributed by atoms with Crippen LogP contribution in [0.25, 0.3) is 11.1 Å². The van der Waals surface area contributed by atoms with Gasteiger partial charge in [-0.2, -0.15) is 0 Å². The first kappa shape index (κ1) is 28.2. The van der Waals surface area contributed by atoms with Crippen LogP contribution in [0.3, 0.4) is 0 Å². The average Bonchev–Trinajstić information content (AvgIpc) is 3.00. The molecular weight excluding hydrogens is 506 g/mol. The third-order valence-corrected chi connectivity index (χ3v) is 7.90. The molecule has 0 spiro atoms. The first-order chi connectivity index (χ1) is 19.8. The maximum Gasteiger partial charge on any atom is 0.256 e. The summed E-state index contributed by atoms with van der Waals surface area (Å²) in [7, 11) is 0. The molecule has 1 heterocycles. The number of piperidine rings is 1. The van der Waals surface area contributed by atoms with Gasteiger partial charge >= 0.3 is 0 Å². The van der Waals surface area contributed by atoms with Crippen LogP contribution >= 0.6 is 0 Å². The van der Waals surface area contributed by atoms with Gasteiger partial charge in [-0.3, -0.25) is 9.59 Å². The van der Waals surface area contributed by atoms with Gasteiger partial charge in [0.1, 0.15) is 0 Å². The highest BCUT2D eigenvalue weighted by molar-refractivity contribution is 6.08. The largest absolute Gasteiger partial charge is 0.371 e. The van der Waals surface area contributed by atoms with E-state index in [4.69, 9.17) is 0 Å². The van der Waals surface area contributed by atoms with Crippen molar-refractivity contribution >= 4 is 23.2 Å². The van der Waals surface area contributed by atoms with E-state index in [-0.39, 0.29) is 23.1 Å². The van der Waals surface area contributed by atoms with Crippen LogP contribution in [-0.2, 0) is 16.8 Å². The molecule has 0 unspecified atom stereocenters. The minimum Gasteiger partial charge on any atom is -0.371 e. The minimum atomic E-state index is -0.129. The summed E-state index contributed by atoms with van der Waals surface area (Å²) in [4.78, 5) is 28.3. The molecule has 0 saturated carbocycles. The molecule has 5 heteroatoms. The van der Waals surface area contributed by atoms with Crippen LogP contribution < -0.4 is 15.5 Å². The normalized spacial score (nSPS) is 14.0. The minimum absolute atomic E-state index is 0.0401. The smallest absolute Gasteiger partial charge is 0.256 e. The summed E-state index contributed by atoms with van der Waals surface area (Å²) in [6, 6.07) is 34.2. The number of nitrogens with one attached hydrogen (secondary N) is 2. The predicted molar refractivity (Wildman–Crippen MR) is 168 cm³/mol. The molecule has 0 bridgehead atoms. The van der Waals surface area contributed by atoms with Crippen LogP contribution in [0.4, 0.5) is 11.4 Å². The van der Waals surface area contributed by atoms with E-state index >= 15 is 0 Å². The summed E-state index contributed by atoms with van der Waals surface area (Å²) in [5, 5.41) is 6.16. The number of anilines is 2. The highest BCUT2D eigenvalue weighted by Gasteiger charge is 2.25. The maximum atomic E-state index is 13.3. The molecule has 4 aromatic rings. The Morgan fingerprint density at radius 1 is 0.780 bits per heavy atom. The third kappa shape index (κ3) is 7.04. The van der Waals surface area contributed by atoms with E-state index in [1.807, 2.05) is 78.9 Å². The number of benzene rings is 4. The van der Waals surface area contributed by atoms with Crippen LogP contribution in [0, 0.1) is 5.92 Å². The molecule has 1 fully saturated rings. The van der Waals surface area contributed by atoms with Gasteiger partial charge in [-0.15, -0.1) is 0 Å². The lowest BCUT2D eigenvalue weighted by Gasteiger charge is -2.33. The monoisotopic (exact) mass is 545 g/mol. The molecule has 5 nitrogen and oxygen atoms in total. The Kier molecular flexibility index (Phi) is 8.53. The molecule has 2 amide bonds. The highest BCUT2D eigenvalue weighted by Crippen LogP contribution is 2.29. The van der Waals surface area contributed by atoms with E-state index in [9.17, 15) is 9.59 Å². The fourth-order valence-electron chi connectivity index (χ4n) is 5.37. The maximum absolute atomic E-state index is 13.3. The summed E-state index contributed by atoms with van der Waals surface area (Å²) < 4.78 is 0. The molecule has 4 aromatic carbocycles. The molecule has 0 atom stereocenters. The lowest BCUT2D eigenvalue weighted by atomic mass is 9.86. The second-order valence-corrected chi connectivity index (χ2v) is 11.8. The average molecular weight is 546 g/mol. The van der Waals surface area contributed by atoms with Gasteiger partial charge in [-0.25, -0.2) is 0 Å². The third-order valence-electron chi connectivity index (χ3n) is 7.90. The van der Waals surface area contributed by atoms with E-state index < -0.39 is 0 Å². The van der Waals surface area contributed by atoms with Crippen molar-refractivity contribution in [3.05, 3.63) is 120 Å². The molecule has 0 aliphatic carbocycles. The van der Waals surface area contributed by atoms with Gasteiger partial charge in [-0.1, -0.05) is 93.6 Å². The Hall–Kier alpha value is -4.38. The Labute approximate surface area is 243 Å². The second kappa shape index (κ2) is 12.4. The van der Waals surface area contributed by atoms with Gasteiger partial charge < -0.3 is 15.5 Å². The zero-order chi connectivity index (χ0) is 28.8. The zero-order valence-corrected chi connectivity index (χ0v) is 24.2. The topological polar surface area (TPSA) is 61.4 Å². The first-order valence-electron chi connectivity index (χ1n) is 14.5. The molecule has 1 aliphatic rings. The second-order valence-electron chi connectivity index (χ2n) is 11.8. The van der Waals surface area contributed by atoms with Gasteiger partial charge in [0.25, 0.3) is 5.91 Å². The summed E-state index contributed by atoms with van der Waals surface area (Å²) in [5.41, 5.74) is 6.90. The quantitative estimate of drug-likeness (QED) is 0.254. The lowest BCUT2D eigenvalue weighted by molar-refractivity contribution is -0.125. The highest BCUT2D eigenvalue weighted by atomic mass is 16.2. The Balaban J connectivity index is 1.17. The van der Waals surface area contributed by atoms with E-state index in [0.717, 1.165) is 54.0 Å². The summed E-state index contributed by atoms with van der Waals surface area (Å²) >= 11 is 0. The summed E-state index contributed by atoms with van der Waals surface area (Å²) in [6.45, 7) is 8.82. The van der Waals surface area contributed by atoms with Crippen LogP contribution in [0.2, 0.25) is 0 Å². The molecule has 1 saturated heterocycles. The molecule has 41 heavy (non-hydrogen) atoms. The SMILES string of the molecule is CC(C)(C)c1ccc(-c2ccccc2C(=O)Nc2ccc(N3CCC(C(=O)NCc4ccccc4)CC3)cc2)cc1. The van der Waals surface area contributed by atoms with Crippen molar-refractivity contribution < 1.29 is 9.59 Å². The van der Waals surface area contributed by atoms with Crippen LogP contribution in [0.1, 0.15) is 55.1 Å². The zero-order valence-electron chi connectivity index (χ0n) is 24.2. The van der Waals surface area contributed by atoms with Crippen molar-refractivity contribution in [1.29, 1.82) is 0 Å². The van der Waals surface area contributed by atoms with Gasteiger partial charge in [0.15, 0.2) is 0 Å². The Morgan fingerprint density at radius 2 is 1.41 bits per heavy atom. The van der Waals surface area contributed by atoms with Crippen LogP contribution in [0.15, 0.2) is 103 Å². The summed E-state index contributed by atoms with van der Waals surface area (Å²) in [6.07, 6.45) is 1.65. The van der Waals surface area contributed by atoms with E-state index in [2.05, 4.69) is 60.6 Å². The number of nitrogens with zero attached hydrogens (tertiary/aromatic N) is 1. The molecule has 1 aliphatic heterocycles. The van der Waals surface area contributed by atoms with Gasteiger partial charge in [-0.05, 0) is 70.8 Å².